The van der Waals surface area contributed by atoms with Crippen LogP contribution in [0, 0.1) is 11.7 Å². The topological polar surface area (TPSA) is 93.9 Å². The number of rotatable bonds is 3. The van der Waals surface area contributed by atoms with E-state index in [1.807, 2.05) is 0 Å². The molecule has 1 aromatic rings. The van der Waals surface area contributed by atoms with Gasteiger partial charge in [-0.3, -0.25) is 9.79 Å². The number of carbonyl (C=O) groups is 1. The van der Waals surface area contributed by atoms with Crippen molar-refractivity contribution in [1.29, 1.82) is 0 Å². The summed E-state index contributed by atoms with van der Waals surface area (Å²) in [6.07, 6.45) is 3.75. The summed E-state index contributed by atoms with van der Waals surface area (Å²) in [5.41, 5.74) is 12.1. The first-order valence-electron chi connectivity index (χ1n) is 8.90. The number of nitrogens with two attached hydrogens (primary N) is 2. The Bertz CT molecular complexity index is 919. The van der Waals surface area contributed by atoms with Crippen molar-refractivity contribution in [3.63, 3.8) is 0 Å². The number of carbonyl (C=O) groups excluding carboxylic acids is 1. The zero-order valence-electron chi connectivity index (χ0n) is 15.0. The van der Waals surface area contributed by atoms with Gasteiger partial charge in [0.2, 0.25) is 0 Å². The predicted octanol–water partition coefficient (Wildman–Crippen LogP) is 2.43. The fourth-order valence-corrected chi connectivity index (χ4v) is 5.12. The van der Waals surface area contributed by atoms with Gasteiger partial charge in [0.05, 0.1) is 18.7 Å². The van der Waals surface area contributed by atoms with E-state index < -0.39 is 11.4 Å². The number of anilines is 1. The molecule has 1 aromatic carbocycles. The SMILES string of the molecule is NC(=O)C1=CC=C(Cl)CN1c1ccc(F)c([C@]23CCOC[C@H]2CSC(N)=N3)c1. The number of hydrogen-bond donors (Lipinski definition) is 2. The molecule has 0 aliphatic carbocycles. The molecule has 0 unspecified atom stereocenters. The molecular weight excluding hydrogens is 403 g/mol. The maximum absolute atomic E-state index is 15.0. The predicted molar refractivity (Wildman–Crippen MR) is 110 cm³/mol. The number of benzene rings is 1. The molecule has 1 amide bonds. The number of hydrogen-bond acceptors (Lipinski definition) is 6. The van der Waals surface area contributed by atoms with Crippen molar-refractivity contribution in [1.82, 2.24) is 0 Å². The molecule has 148 valence electrons. The molecule has 4 N–H and O–H groups in total. The van der Waals surface area contributed by atoms with Gasteiger partial charge in [-0.15, -0.1) is 0 Å². The first-order chi connectivity index (χ1) is 13.4. The van der Waals surface area contributed by atoms with Crippen LogP contribution >= 0.6 is 23.4 Å². The molecule has 28 heavy (non-hydrogen) atoms. The van der Waals surface area contributed by atoms with Crippen LogP contribution in [-0.2, 0) is 15.1 Å². The lowest BCUT2D eigenvalue weighted by molar-refractivity contribution is -0.114. The van der Waals surface area contributed by atoms with E-state index in [2.05, 4.69) is 0 Å². The Morgan fingerprint density at radius 2 is 2.25 bits per heavy atom. The summed E-state index contributed by atoms with van der Waals surface area (Å²) >= 11 is 7.63. The second-order valence-corrected chi connectivity index (χ2v) is 8.51. The van der Waals surface area contributed by atoms with Gasteiger partial charge in [-0.25, -0.2) is 4.39 Å². The van der Waals surface area contributed by atoms with Gasteiger partial charge in [-0.1, -0.05) is 23.4 Å². The van der Waals surface area contributed by atoms with Crippen molar-refractivity contribution >= 4 is 40.1 Å². The molecule has 9 heteroatoms. The fraction of sp³-hybridized carbons (Fsp3) is 0.368. The number of nitrogens with zero attached hydrogens (tertiary/aromatic N) is 2. The van der Waals surface area contributed by atoms with E-state index in [-0.39, 0.29) is 18.3 Å². The van der Waals surface area contributed by atoms with Gasteiger partial charge in [-0.2, -0.15) is 0 Å². The molecule has 0 saturated carbocycles. The third kappa shape index (κ3) is 3.29. The van der Waals surface area contributed by atoms with Crippen LogP contribution in [-0.4, -0.2) is 36.6 Å². The van der Waals surface area contributed by atoms with Crippen molar-refractivity contribution in [2.45, 2.75) is 12.0 Å². The van der Waals surface area contributed by atoms with E-state index in [1.54, 1.807) is 29.2 Å². The number of ether oxygens (including phenoxy) is 1. The van der Waals surface area contributed by atoms with Crippen LogP contribution in [0.25, 0.3) is 0 Å². The highest BCUT2D eigenvalue weighted by molar-refractivity contribution is 8.13. The van der Waals surface area contributed by atoms with Crippen molar-refractivity contribution < 1.29 is 13.9 Å². The van der Waals surface area contributed by atoms with E-state index in [0.717, 1.165) is 0 Å². The summed E-state index contributed by atoms with van der Waals surface area (Å²) in [5.74, 6) is -0.213. The van der Waals surface area contributed by atoms with E-state index >= 15 is 4.39 Å². The molecule has 0 aromatic heterocycles. The van der Waals surface area contributed by atoms with Crippen molar-refractivity contribution in [3.8, 4) is 0 Å². The van der Waals surface area contributed by atoms with Gasteiger partial charge < -0.3 is 21.1 Å². The third-order valence-electron chi connectivity index (χ3n) is 5.37. The number of amidine groups is 1. The maximum Gasteiger partial charge on any atom is 0.265 e. The van der Waals surface area contributed by atoms with Crippen LogP contribution in [0.4, 0.5) is 10.1 Å². The number of amides is 1. The number of primary amides is 1. The van der Waals surface area contributed by atoms with Gasteiger partial charge in [0.1, 0.15) is 11.5 Å². The Hall–Kier alpha value is -2.03. The Morgan fingerprint density at radius 3 is 3.04 bits per heavy atom. The zero-order chi connectivity index (χ0) is 19.9. The Morgan fingerprint density at radius 1 is 1.43 bits per heavy atom. The minimum Gasteiger partial charge on any atom is -0.381 e. The number of thioether (sulfide) groups is 1. The van der Waals surface area contributed by atoms with E-state index in [1.165, 1.54) is 17.8 Å². The van der Waals surface area contributed by atoms with Crippen LogP contribution in [0.15, 0.2) is 46.1 Å². The highest BCUT2D eigenvalue weighted by Gasteiger charge is 2.47. The molecule has 4 rings (SSSR count). The minimum atomic E-state index is -0.778. The summed E-state index contributed by atoms with van der Waals surface area (Å²) in [4.78, 5) is 18.3. The average molecular weight is 423 g/mol. The molecule has 1 fully saturated rings. The molecule has 0 spiro atoms. The number of aliphatic imine (C=N–C) groups is 1. The Balaban J connectivity index is 1.82. The molecule has 2 atom stereocenters. The van der Waals surface area contributed by atoms with Crippen LogP contribution in [0.2, 0.25) is 0 Å². The summed E-state index contributed by atoms with van der Waals surface area (Å²) in [7, 11) is 0. The van der Waals surface area contributed by atoms with Crippen molar-refractivity contribution in [3.05, 3.63) is 52.5 Å². The van der Waals surface area contributed by atoms with Gasteiger partial charge in [0, 0.05) is 41.0 Å². The second-order valence-electron chi connectivity index (χ2n) is 6.99. The quantitative estimate of drug-likeness (QED) is 0.780. The molecule has 3 aliphatic rings. The molecule has 0 bridgehead atoms. The molecule has 1 saturated heterocycles. The highest BCUT2D eigenvalue weighted by atomic mass is 35.5. The fourth-order valence-electron chi connectivity index (χ4n) is 3.96. The average Bonchev–Trinajstić information content (AvgIpc) is 2.67. The molecular formula is C19H20ClFN4O2S. The first-order valence-corrected chi connectivity index (χ1v) is 10.3. The van der Waals surface area contributed by atoms with Crippen LogP contribution in [0.3, 0.4) is 0 Å². The zero-order valence-corrected chi connectivity index (χ0v) is 16.6. The third-order valence-corrected chi connectivity index (χ3v) is 6.57. The second kappa shape index (κ2) is 7.42. The lowest BCUT2D eigenvalue weighted by atomic mass is 9.75. The molecule has 3 heterocycles. The molecule has 6 nitrogen and oxygen atoms in total. The van der Waals surface area contributed by atoms with Gasteiger partial charge in [0.15, 0.2) is 5.17 Å². The van der Waals surface area contributed by atoms with Crippen LogP contribution in [0.5, 0.6) is 0 Å². The number of halogens is 2. The number of allylic oxidation sites excluding steroid dienone is 2. The van der Waals surface area contributed by atoms with E-state index in [4.69, 9.17) is 32.8 Å². The Labute approximate surface area is 171 Å². The monoisotopic (exact) mass is 422 g/mol. The summed E-state index contributed by atoms with van der Waals surface area (Å²) in [6.45, 7) is 1.26. The normalized spacial score (nSPS) is 27.4. The summed E-state index contributed by atoms with van der Waals surface area (Å²) < 4.78 is 20.6. The van der Waals surface area contributed by atoms with Gasteiger partial charge >= 0.3 is 0 Å². The van der Waals surface area contributed by atoms with Crippen LogP contribution < -0.4 is 16.4 Å². The highest BCUT2D eigenvalue weighted by Crippen LogP contribution is 2.47. The largest absolute Gasteiger partial charge is 0.381 e. The van der Waals surface area contributed by atoms with Crippen LogP contribution in [0.1, 0.15) is 12.0 Å². The van der Waals surface area contributed by atoms with E-state index in [0.29, 0.717) is 52.5 Å². The Kier molecular flexibility index (Phi) is 5.11. The summed E-state index contributed by atoms with van der Waals surface area (Å²) in [5, 5.41) is 0.999. The van der Waals surface area contributed by atoms with E-state index in [9.17, 15) is 4.79 Å². The lowest BCUT2D eigenvalue weighted by Crippen LogP contribution is -2.47. The smallest absolute Gasteiger partial charge is 0.265 e. The number of fused-ring (bicyclic) bond motifs is 1. The lowest BCUT2D eigenvalue weighted by Gasteiger charge is -2.44. The van der Waals surface area contributed by atoms with Crippen molar-refractivity contribution in [2.75, 3.05) is 30.4 Å². The molecule has 0 radical (unpaired) electrons. The first kappa shape index (κ1) is 19.3. The maximum atomic E-state index is 15.0. The summed E-state index contributed by atoms with van der Waals surface area (Å²) in [6, 6.07) is 4.73. The minimum absolute atomic E-state index is 0.0132. The van der Waals surface area contributed by atoms with Gasteiger partial charge in [0.25, 0.3) is 5.91 Å². The standard InChI is InChI=1S/C19H20ClFN4O2S/c20-12-1-4-16(17(22)26)25(8-12)13-2-3-15(21)14(7-13)19-5-6-27-9-11(19)10-28-18(23)24-19/h1-4,7,11H,5-6,8-10H2,(H2,22,26)(H2,23,24)/t11-,19-/m0/s1. The molecule has 3 aliphatic heterocycles. The van der Waals surface area contributed by atoms with Gasteiger partial charge in [-0.05, 0) is 30.4 Å². The van der Waals surface area contributed by atoms with Crippen molar-refractivity contribution in [2.24, 2.45) is 22.4 Å².